The fourth-order valence-corrected chi connectivity index (χ4v) is 4.03. The zero-order valence-electron chi connectivity index (χ0n) is 12.9. The van der Waals surface area contributed by atoms with Crippen molar-refractivity contribution in [2.24, 2.45) is 5.10 Å². The van der Waals surface area contributed by atoms with Gasteiger partial charge in [0.1, 0.15) is 0 Å². The number of halogens is 1. The van der Waals surface area contributed by atoms with Crippen LogP contribution in [-0.2, 0) is 6.42 Å². The highest BCUT2D eigenvalue weighted by Gasteiger charge is 2.38. The predicted molar refractivity (Wildman–Crippen MR) is 98.4 cm³/mol. The molecule has 1 unspecified atom stereocenters. The molecule has 0 bridgehead atoms. The van der Waals surface area contributed by atoms with E-state index >= 15 is 0 Å². The first-order chi connectivity index (χ1) is 11.8. The maximum atomic E-state index is 4.64. The molecule has 2 aromatic carbocycles. The Balaban J connectivity index is 1.72. The van der Waals surface area contributed by atoms with E-state index in [1.807, 2.05) is 17.4 Å². The third-order valence-corrected chi connectivity index (χ3v) is 5.18. The van der Waals surface area contributed by atoms with Crippen LogP contribution in [0.2, 0.25) is 0 Å². The topological polar surface area (TPSA) is 30.9 Å². The summed E-state index contributed by atoms with van der Waals surface area (Å²) in [5, 5.41) is 8.76. The first kappa shape index (κ1) is 13.9. The number of hydrazine groups is 2. The lowest BCUT2D eigenvalue weighted by Crippen LogP contribution is -2.42. The van der Waals surface area contributed by atoms with Gasteiger partial charge in [0.2, 0.25) is 0 Å². The van der Waals surface area contributed by atoms with Gasteiger partial charge in [0.25, 0.3) is 0 Å². The molecular weight excluding hydrogens is 364 g/mol. The van der Waals surface area contributed by atoms with Crippen LogP contribution >= 0.6 is 15.9 Å². The van der Waals surface area contributed by atoms with Crippen molar-refractivity contribution in [1.29, 1.82) is 0 Å². The van der Waals surface area contributed by atoms with Crippen LogP contribution in [0.3, 0.4) is 0 Å². The summed E-state index contributed by atoms with van der Waals surface area (Å²) in [6, 6.07) is 17.1. The molecule has 4 nitrogen and oxygen atoms in total. The second-order valence-corrected chi connectivity index (χ2v) is 7.00. The number of hydrogen-bond donors (Lipinski definition) is 1. The van der Waals surface area contributed by atoms with Gasteiger partial charge >= 0.3 is 0 Å². The number of rotatable bonds is 1. The fraction of sp³-hybridized carbons (Fsp3) is 0.105. The number of hydrogen-bond acceptors (Lipinski definition) is 4. The van der Waals surface area contributed by atoms with E-state index < -0.39 is 0 Å². The molecule has 1 N–H and O–H groups in total. The van der Waals surface area contributed by atoms with Crippen LogP contribution in [0, 0.1) is 0 Å². The minimum Gasteiger partial charge on any atom is -0.217 e. The van der Waals surface area contributed by atoms with Crippen LogP contribution in [0.4, 0.5) is 0 Å². The lowest BCUT2D eigenvalue weighted by atomic mass is 9.90. The van der Waals surface area contributed by atoms with Gasteiger partial charge < -0.3 is 0 Å². The summed E-state index contributed by atoms with van der Waals surface area (Å²) in [4.78, 5) is 0. The molecular formula is C19H15BrN4. The summed E-state index contributed by atoms with van der Waals surface area (Å²) < 4.78 is 1.09. The molecule has 0 amide bonds. The standard InChI is InChI=1S/C19H15BrN4/c20-15-7-3-6-13(11-15)17-12-14-5-1-2-8-16(14)18-9-4-10-23-22-21-19(17)24(18)23/h1-11,17,22H,12H2. The highest BCUT2D eigenvalue weighted by molar-refractivity contribution is 9.10. The summed E-state index contributed by atoms with van der Waals surface area (Å²) >= 11 is 3.60. The lowest BCUT2D eigenvalue weighted by Gasteiger charge is -2.32. The molecule has 3 aliphatic rings. The van der Waals surface area contributed by atoms with E-state index in [9.17, 15) is 0 Å². The number of allylic oxidation sites excluding steroid dienone is 2. The van der Waals surface area contributed by atoms with E-state index in [-0.39, 0.29) is 5.92 Å². The molecule has 0 saturated heterocycles. The van der Waals surface area contributed by atoms with Crippen molar-refractivity contribution in [2.75, 3.05) is 0 Å². The second-order valence-electron chi connectivity index (χ2n) is 6.09. The van der Waals surface area contributed by atoms with Gasteiger partial charge in [-0.05, 0) is 41.8 Å². The molecule has 118 valence electrons. The van der Waals surface area contributed by atoms with Crippen LogP contribution < -0.4 is 5.53 Å². The van der Waals surface area contributed by atoms with Crippen LogP contribution in [0.15, 0.2) is 76.5 Å². The van der Waals surface area contributed by atoms with Crippen molar-refractivity contribution in [3.05, 3.63) is 88.0 Å². The minimum atomic E-state index is 0.193. The Morgan fingerprint density at radius 3 is 2.96 bits per heavy atom. The highest BCUT2D eigenvalue weighted by atomic mass is 79.9. The van der Waals surface area contributed by atoms with Gasteiger partial charge in [0.15, 0.2) is 5.84 Å². The average molecular weight is 379 g/mol. The number of nitrogens with one attached hydrogen (secondary N) is 1. The Hall–Kier alpha value is -2.53. The van der Waals surface area contributed by atoms with Crippen LogP contribution in [0.5, 0.6) is 0 Å². The van der Waals surface area contributed by atoms with Gasteiger partial charge in [0.05, 0.1) is 11.6 Å². The zero-order chi connectivity index (χ0) is 16.1. The van der Waals surface area contributed by atoms with Crippen molar-refractivity contribution < 1.29 is 0 Å². The van der Waals surface area contributed by atoms with Crippen LogP contribution in [0.1, 0.15) is 22.6 Å². The van der Waals surface area contributed by atoms with Crippen LogP contribution in [-0.4, -0.2) is 16.0 Å². The molecule has 3 heterocycles. The Labute approximate surface area is 148 Å². The zero-order valence-corrected chi connectivity index (χ0v) is 14.4. The van der Waals surface area contributed by atoms with Gasteiger partial charge in [-0.2, -0.15) is 10.7 Å². The Kier molecular flexibility index (Phi) is 3.03. The number of benzene rings is 2. The van der Waals surface area contributed by atoms with Gasteiger partial charge in [-0.3, -0.25) is 0 Å². The first-order valence-electron chi connectivity index (χ1n) is 7.96. The van der Waals surface area contributed by atoms with E-state index in [2.05, 4.69) is 86.2 Å². The molecule has 5 heteroatoms. The number of fused-ring (bicyclic) bond motifs is 2. The summed E-state index contributed by atoms with van der Waals surface area (Å²) in [5.74, 6) is 1.22. The summed E-state index contributed by atoms with van der Waals surface area (Å²) in [6.07, 6.45) is 7.12. The predicted octanol–water partition coefficient (Wildman–Crippen LogP) is 4.01. The summed E-state index contributed by atoms with van der Waals surface area (Å²) in [6.45, 7) is 0. The SMILES string of the molecule is Brc1cccc(C2Cc3ccccc3C3=CC=CN4NN=C2N34)c1. The molecule has 0 aromatic heterocycles. The fourth-order valence-electron chi connectivity index (χ4n) is 3.61. The smallest absolute Gasteiger partial charge is 0.160 e. The van der Waals surface area contributed by atoms with E-state index in [4.69, 9.17) is 0 Å². The van der Waals surface area contributed by atoms with Crippen molar-refractivity contribution in [3.63, 3.8) is 0 Å². The van der Waals surface area contributed by atoms with Gasteiger partial charge in [-0.15, -0.1) is 5.10 Å². The maximum Gasteiger partial charge on any atom is 0.160 e. The molecule has 0 aliphatic carbocycles. The van der Waals surface area contributed by atoms with Crippen molar-refractivity contribution in [1.82, 2.24) is 15.7 Å². The third-order valence-electron chi connectivity index (χ3n) is 4.69. The number of amidine groups is 1. The monoisotopic (exact) mass is 378 g/mol. The van der Waals surface area contributed by atoms with E-state index in [1.54, 1.807) is 0 Å². The van der Waals surface area contributed by atoms with Crippen molar-refractivity contribution in [3.8, 4) is 0 Å². The minimum absolute atomic E-state index is 0.193. The van der Waals surface area contributed by atoms with Crippen LogP contribution in [0.25, 0.3) is 5.70 Å². The number of hydrazone groups is 1. The van der Waals surface area contributed by atoms with Gasteiger partial charge in [-0.1, -0.05) is 52.3 Å². The molecule has 2 aromatic rings. The summed E-state index contributed by atoms with van der Waals surface area (Å²) in [7, 11) is 0. The molecule has 3 aliphatic heterocycles. The lowest BCUT2D eigenvalue weighted by molar-refractivity contribution is 0.130. The molecule has 24 heavy (non-hydrogen) atoms. The van der Waals surface area contributed by atoms with Crippen molar-refractivity contribution in [2.45, 2.75) is 12.3 Å². The highest BCUT2D eigenvalue weighted by Crippen LogP contribution is 2.39. The maximum absolute atomic E-state index is 4.64. The molecule has 0 spiro atoms. The molecule has 5 rings (SSSR count). The van der Waals surface area contributed by atoms with Crippen molar-refractivity contribution >= 4 is 27.5 Å². The van der Waals surface area contributed by atoms with Gasteiger partial charge in [-0.25, -0.2) is 5.01 Å². The summed E-state index contributed by atoms with van der Waals surface area (Å²) in [5.41, 5.74) is 8.15. The quantitative estimate of drug-likeness (QED) is 0.813. The molecule has 0 saturated carbocycles. The van der Waals surface area contributed by atoms with E-state index in [0.717, 1.165) is 22.4 Å². The Morgan fingerprint density at radius 1 is 1.12 bits per heavy atom. The molecule has 0 radical (unpaired) electrons. The second kappa shape index (κ2) is 5.24. The normalized spacial score (nSPS) is 20.6. The Morgan fingerprint density at radius 2 is 2.04 bits per heavy atom. The largest absolute Gasteiger partial charge is 0.217 e. The molecule has 1 atom stereocenters. The van der Waals surface area contributed by atoms with E-state index in [1.165, 1.54) is 16.7 Å². The molecule has 0 fully saturated rings. The van der Waals surface area contributed by atoms with E-state index in [0.29, 0.717) is 0 Å². The van der Waals surface area contributed by atoms with Gasteiger partial charge in [0, 0.05) is 16.2 Å². The first-order valence-corrected chi connectivity index (χ1v) is 8.75. The Bertz CT molecular complexity index is 915. The number of nitrogens with zero attached hydrogens (tertiary/aromatic N) is 3. The average Bonchev–Trinajstić information content (AvgIpc) is 2.97. The third kappa shape index (κ3) is 2.01.